The standard InChI is InChI=1S/C82H128NO8P/c1-6-8-10-12-14-16-18-20-22-24-26-28-30-32-34-36-38-40-41-43-44-46-48-50-52-54-56-58-60-62-64-66-68-70-72-74-81(84)88-78-80(79-90-92(86,87)89-77-76-83(3,4)5)91-82(85)75-73-71-69-67-65-63-61-59-57-55-53-51-49-47-45-42-39-37-35-33-31-29-27-25-23-21-19-17-15-13-11-9-7-2/h8-11,14-17,20-23,26-29,32-35,38-40,42-44,47-50,53,55,59,61,65,67,80H,6-7,12-13,18-19,24-25,30-31,36-37,41,45-46,51-52,54,56-58,60,62-64,66,68-79H2,1-5H3/b10-8-,11-9-,16-14-,17-15-,22-20-,23-21-,28-26-,29-27-,34-32-,35-33-,40-38-,42-39-,44-43-,49-47-,50-48-,55-53-,61-59-,67-65-. The van der Waals surface area contributed by atoms with E-state index < -0.39 is 32.5 Å². The summed E-state index contributed by atoms with van der Waals surface area (Å²) in [4.78, 5) is 38.1. The summed E-state index contributed by atoms with van der Waals surface area (Å²) in [6.07, 6.45) is 112. The fourth-order valence-corrected chi connectivity index (χ4v) is 9.37. The molecular formula is C82H128NO8P. The number of carbonyl (C=O) groups is 2. The van der Waals surface area contributed by atoms with E-state index in [1.165, 1.54) is 38.5 Å². The van der Waals surface area contributed by atoms with E-state index >= 15 is 0 Å². The van der Waals surface area contributed by atoms with Gasteiger partial charge in [0.1, 0.15) is 19.8 Å². The van der Waals surface area contributed by atoms with E-state index in [4.69, 9.17) is 18.5 Å². The third-order valence-corrected chi connectivity index (χ3v) is 15.0. The molecule has 0 spiro atoms. The molecule has 0 rings (SSSR count). The van der Waals surface area contributed by atoms with Gasteiger partial charge in [-0.2, -0.15) is 0 Å². The van der Waals surface area contributed by atoms with Crippen LogP contribution in [0, 0.1) is 0 Å². The first-order chi connectivity index (χ1) is 45.0. The zero-order valence-electron chi connectivity index (χ0n) is 58.4. The van der Waals surface area contributed by atoms with Crippen LogP contribution in [0.3, 0.4) is 0 Å². The van der Waals surface area contributed by atoms with E-state index in [9.17, 15) is 19.0 Å². The number of nitrogens with zero attached hydrogens (tertiary/aromatic N) is 1. The molecule has 9 nitrogen and oxygen atoms in total. The Balaban J connectivity index is 4.23. The summed E-state index contributed by atoms with van der Waals surface area (Å²) >= 11 is 0. The third-order valence-electron chi connectivity index (χ3n) is 14.0. The maximum Gasteiger partial charge on any atom is 0.306 e. The number of hydrogen-bond acceptors (Lipinski definition) is 8. The lowest BCUT2D eigenvalue weighted by Gasteiger charge is -2.28. The number of phosphoric ester groups is 1. The molecule has 0 aromatic carbocycles. The summed E-state index contributed by atoms with van der Waals surface area (Å²) < 4.78 is 34.2. The van der Waals surface area contributed by atoms with Crippen LogP contribution in [0.1, 0.15) is 232 Å². The Morgan fingerprint density at radius 1 is 0.337 bits per heavy atom. The van der Waals surface area contributed by atoms with Crippen LogP contribution in [0.2, 0.25) is 0 Å². The van der Waals surface area contributed by atoms with Gasteiger partial charge in [0.05, 0.1) is 27.7 Å². The van der Waals surface area contributed by atoms with Crippen molar-refractivity contribution in [3.8, 4) is 0 Å². The van der Waals surface area contributed by atoms with Crippen LogP contribution in [0.4, 0.5) is 0 Å². The van der Waals surface area contributed by atoms with E-state index in [1.54, 1.807) is 0 Å². The molecular weight excluding hydrogens is 1160 g/mol. The second-order valence-electron chi connectivity index (χ2n) is 23.8. The van der Waals surface area contributed by atoms with Gasteiger partial charge in [0.25, 0.3) is 7.82 Å². The summed E-state index contributed by atoms with van der Waals surface area (Å²) in [6, 6.07) is 0. The molecule has 0 aromatic rings. The quantitative estimate of drug-likeness (QED) is 0.0195. The Kier molecular flexibility index (Phi) is 65.4. The predicted molar refractivity (Wildman–Crippen MR) is 396 cm³/mol. The molecule has 2 atom stereocenters. The van der Waals surface area contributed by atoms with Gasteiger partial charge < -0.3 is 27.9 Å². The number of hydrogen-bond donors (Lipinski definition) is 0. The van der Waals surface area contributed by atoms with Crippen LogP contribution in [-0.2, 0) is 32.7 Å². The largest absolute Gasteiger partial charge is 0.756 e. The van der Waals surface area contributed by atoms with Crippen LogP contribution in [-0.4, -0.2) is 70.0 Å². The lowest BCUT2D eigenvalue weighted by Crippen LogP contribution is -2.37. The third kappa shape index (κ3) is 73.4. The molecule has 0 aliphatic carbocycles. The average molecular weight is 1290 g/mol. The van der Waals surface area contributed by atoms with Gasteiger partial charge in [0.2, 0.25) is 0 Å². The highest BCUT2D eigenvalue weighted by Crippen LogP contribution is 2.38. The van der Waals surface area contributed by atoms with Gasteiger partial charge in [-0.05, 0) is 154 Å². The normalized spacial score (nSPS) is 14.5. The molecule has 0 saturated carbocycles. The van der Waals surface area contributed by atoms with Crippen molar-refractivity contribution < 1.29 is 42.1 Å². The number of carbonyl (C=O) groups excluding carboxylic acids is 2. The molecule has 514 valence electrons. The molecule has 0 bridgehead atoms. The zero-order chi connectivity index (χ0) is 66.9. The summed E-state index contributed by atoms with van der Waals surface area (Å²) in [6.45, 7) is 3.92. The minimum absolute atomic E-state index is 0.0528. The van der Waals surface area contributed by atoms with Crippen LogP contribution >= 0.6 is 7.82 Å². The Morgan fingerprint density at radius 2 is 0.587 bits per heavy atom. The van der Waals surface area contributed by atoms with Crippen LogP contribution in [0.25, 0.3) is 0 Å². The molecule has 2 unspecified atom stereocenters. The van der Waals surface area contributed by atoms with Gasteiger partial charge in [-0.15, -0.1) is 0 Å². The molecule has 0 aromatic heterocycles. The first-order valence-electron chi connectivity index (χ1n) is 35.4. The maximum absolute atomic E-state index is 12.9. The molecule has 0 N–H and O–H groups in total. The lowest BCUT2D eigenvalue weighted by atomic mass is 10.1. The number of likely N-dealkylation sites (N-methyl/N-ethyl adjacent to an activating group) is 1. The highest BCUT2D eigenvalue weighted by Gasteiger charge is 2.22. The number of quaternary nitrogens is 1. The Morgan fingerprint density at radius 3 is 0.891 bits per heavy atom. The minimum Gasteiger partial charge on any atom is -0.756 e. The Hall–Kier alpha value is -5.67. The Bertz CT molecular complexity index is 2360. The van der Waals surface area contributed by atoms with Gasteiger partial charge in [-0.3, -0.25) is 14.2 Å². The lowest BCUT2D eigenvalue weighted by molar-refractivity contribution is -0.870. The van der Waals surface area contributed by atoms with Crippen LogP contribution < -0.4 is 4.89 Å². The van der Waals surface area contributed by atoms with Crippen molar-refractivity contribution in [1.29, 1.82) is 0 Å². The Labute approximate surface area is 563 Å². The van der Waals surface area contributed by atoms with E-state index in [-0.39, 0.29) is 26.1 Å². The summed E-state index contributed by atoms with van der Waals surface area (Å²) in [5, 5.41) is 0. The van der Waals surface area contributed by atoms with E-state index in [1.807, 2.05) is 21.1 Å². The monoisotopic (exact) mass is 1290 g/mol. The molecule has 0 amide bonds. The number of rotatable bonds is 62. The molecule has 0 heterocycles. The highest BCUT2D eigenvalue weighted by molar-refractivity contribution is 7.45. The SMILES string of the molecule is CC/C=C\C/C=C\C/C=C\C/C=C\C/C=C\C/C=C\C/C=C\C/C=C\C/C=C\C/C=C\CCCCC(=O)OC(COC(=O)CCCCCCCCCCCC/C=C\C/C=C\C/C=C\C/C=C\C/C=C\C/C=C\C/C=C\C/C=C\CC)COP(=O)([O-])OCC[N+](C)(C)C. The van der Waals surface area contributed by atoms with Crippen LogP contribution in [0.15, 0.2) is 219 Å². The van der Waals surface area contributed by atoms with Crippen molar-refractivity contribution in [3.63, 3.8) is 0 Å². The molecule has 0 saturated heterocycles. The first kappa shape index (κ1) is 86.3. The van der Waals surface area contributed by atoms with Gasteiger partial charge in [-0.25, -0.2) is 0 Å². The second kappa shape index (κ2) is 69.7. The minimum atomic E-state index is -4.67. The number of phosphoric acid groups is 1. The fourth-order valence-electron chi connectivity index (χ4n) is 8.64. The van der Waals surface area contributed by atoms with Gasteiger partial charge in [0, 0.05) is 12.8 Å². The zero-order valence-corrected chi connectivity index (χ0v) is 59.3. The number of allylic oxidation sites excluding steroid dienone is 36. The number of esters is 2. The summed E-state index contributed by atoms with van der Waals surface area (Å²) in [5.41, 5.74) is 0. The van der Waals surface area contributed by atoms with E-state index in [0.717, 1.165) is 154 Å². The molecule has 0 aliphatic heterocycles. The van der Waals surface area contributed by atoms with E-state index in [2.05, 4.69) is 233 Å². The number of ether oxygens (including phenoxy) is 2. The van der Waals surface area contributed by atoms with Crippen molar-refractivity contribution in [2.75, 3.05) is 47.5 Å². The molecule has 92 heavy (non-hydrogen) atoms. The molecule has 0 radical (unpaired) electrons. The average Bonchev–Trinajstić information content (AvgIpc) is 2.23. The molecule has 0 fully saturated rings. The number of unbranched alkanes of at least 4 members (excludes halogenated alkanes) is 12. The highest BCUT2D eigenvalue weighted by atomic mass is 31.2. The van der Waals surface area contributed by atoms with Crippen molar-refractivity contribution in [3.05, 3.63) is 219 Å². The van der Waals surface area contributed by atoms with Crippen molar-refractivity contribution >= 4 is 19.8 Å². The summed E-state index contributed by atoms with van der Waals surface area (Å²) in [7, 11) is 1.10. The second-order valence-corrected chi connectivity index (χ2v) is 25.2. The molecule has 10 heteroatoms. The van der Waals surface area contributed by atoms with Gasteiger partial charge >= 0.3 is 11.9 Å². The fraction of sp³-hybridized carbons (Fsp3) is 0.537. The van der Waals surface area contributed by atoms with Crippen molar-refractivity contribution in [2.24, 2.45) is 0 Å². The maximum atomic E-state index is 12.9. The summed E-state index contributed by atoms with van der Waals surface area (Å²) in [5.74, 6) is -0.907. The van der Waals surface area contributed by atoms with Crippen LogP contribution in [0.5, 0.6) is 0 Å². The smallest absolute Gasteiger partial charge is 0.306 e. The van der Waals surface area contributed by atoms with E-state index in [0.29, 0.717) is 23.9 Å². The van der Waals surface area contributed by atoms with Gasteiger partial charge in [-0.1, -0.05) is 284 Å². The van der Waals surface area contributed by atoms with Gasteiger partial charge in [0.15, 0.2) is 6.10 Å². The van der Waals surface area contributed by atoms with Crippen molar-refractivity contribution in [1.82, 2.24) is 0 Å². The first-order valence-corrected chi connectivity index (χ1v) is 36.9. The predicted octanol–water partition coefficient (Wildman–Crippen LogP) is 23.0. The topological polar surface area (TPSA) is 111 Å². The van der Waals surface area contributed by atoms with Crippen molar-refractivity contribution in [2.45, 2.75) is 238 Å². The molecule has 0 aliphatic rings.